The van der Waals surface area contributed by atoms with Crippen LogP contribution in [0, 0.1) is 0 Å². The summed E-state index contributed by atoms with van der Waals surface area (Å²) in [6.07, 6.45) is 2.24. The number of likely N-dealkylation sites (tertiary alicyclic amines) is 1. The van der Waals surface area contributed by atoms with Gasteiger partial charge in [-0.25, -0.2) is 4.98 Å². The highest BCUT2D eigenvalue weighted by atomic mass is 35.5. The third kappa shape index (κ3) is 2.05. The SMILES string of the molecule is CN1CCC(c2nc(Cl)c(Cl)[nH]2)CC1. The van der Waals surface area contributed by atoms with Gasteiger partial charge < -0.3 is 9.88 Å². The number of hydrogen-bond donors (Lipinski definition) is 1. The predicted molar refractivity (Wildman–Crippen MR) is 58.1 cm³/mol. The Morgan fingerprint density at radius 3 is 2.50 bits per heavy atom. The summed E-state index contributed by atoms with van der Waals surface area (Å²) < 4.78 is 0. The van der Waals surface area contributed by atoms with Crippen LogP contribution in [0.3, 0.4) is 0 Å². The molecule has 0 saturated carbocycles. The first-order chi connectivity index (χ1) is 6.66. The van der Waals surface area contributed by atoms with E-state index in [-0.39, 0.29) is 0 Å². The molecule has 1 N–H and O–H groups in total. The Kier molecular flexibility index (Phi) is 3.00. The van der Waals surface area contributed by atoms with Gasteiger partial charge in [-0.2, -0.15) is 0 Å². The first-order valence-corrected chi connectivity index (χ1v) is 5.52. The van der Waals surface area contributed by atoms with Crippen molar-refractivity contribution in [2.45, 2.75) is 18.8 Å². The van der Waals surface area contributed by atoms with Gasteiger partial charge in [0, 0.05) is 5.92 Å². The Morgan fingerprint density at radius 1 is 1.36 bits per heavy atom. The highest BCUT2D eigenvalue weighted by molar-refractivity contribution is 6.40. The first kappa shape index (κ1) is 10.3. The molecule has 3 nitrogen and oxygen atoms in total. The summed E-state index contributed by atoms with van der Waals surface area (Å²) in [7, 11) is 2.14. The lowest BCUT2D eigenvalue weighted by Crippen LogP contribution is -2.29. The van der Waals surface area contributed by atoms with Gasteiger partial charge in [0.2, 0.25) is 0 Å². The van der Waals surface area contributed by atoms with Gasteiger partial charge in [0.1, 0.15) is 11.0 Å². The molecule has 0 aliphatic carbocycles. The molecule has 1 aliphatic rings. The molecular formula is C9H13Cl2N3. The molecule has 1 aliphatic heterocycles. The average Bonchev–Trinajstić information content (AvgIpc) is 2.48. The molecule has 0 atom stereocenters. The van der Waals surface area contributed by atoms with Crippen molar-refractivity contribution in [2.24, 2.45) is 0 Å². The fourth-order valence-corrected chi connectivity index (χ4v) is 2.10. The van der Waals surface area contributed by atoms with E-state index in [9.17, 15) is 0 Å². The third-order valence-corrected chi connectivity index (χ3v) is 3.39. The van der Waals surface area contributed by atoms with Crippen molar-refractivity contribution in [3.05, 3.63) is 16.1 Å². The second-order valence-corrected chi connectivity index (χ2v) is 4.54. The number of rotatable bonds is 1. The van der Waals surface area contributed by atoms with Gasteiger partial charge in [-0.05, 0) is 33.0 Å². The van der Waals surface area contributed by atoms with E-state index in [1.807, 2.05) is 0 Å². The highest BCUT2D eigenvalue weighted by Gasteiger charge is 2.21. The number of piperidine rings is 1. The van der Waals surface area contributed by atoms with Crippen LogP contribution in [0.2, 0.25) is 10.3 Å². The minimum absolute atomic E-state index is 0.389. The predicted octanol–water partition coefficient (Wildman–Crippen LogP) is 2.53. The zero-order chi connectivity index (χ0) is 10.1. The molecule has 1 aromatic rings. The van der Waals surface area contributed by atoms with E-state index in [1.165, 1.54) is 0 Å². The molecule has 0 spiro atoms. The second kappa shape index (κ2) is 4.09. The van der Waals surface area contributed by atoms with Crippen molar-refractivity contribution in [3.8, 4) is 0 Å². The van der Waals surface area contributed by atoms with Crippen molar-refractivity contribution >= 4 is 23.2 Å². The van der Waals surface area contributed by atoms with Crippen molar-refractivity contribution in [2.75, 3.05) is 20.1 Å². The minimum Gasteiger partial charge on any atom is -0.332 e. The van der Waals surface area contributed by atoms with E-state index in [0.29, 0.717) is 16.2 Å². The minimum atomic E-state index is 0.389. The maximum absolute atomic E-state index is 5.82. The summed E-state index contributed by atoms with van der Waals surface area (Å²) in [5.74, 6) is 1.42. The van der Waals surface area contributed by atoms with Crippen LogP contribution < -0.4 is 0 Å². The average molecular weight is 234 g/mol. The number of halogens is 2. The topological polar surface area (TPSA) is 31.9 Å². The van der Waals surface area contributed by atoms with Crippen LogP contribution >= 0.6 is 23.2 Å². The largest absolute Gasteiger partial charge is 0.332 e. The van der Waals surface area contributed by atoms with Gasteiger partial charge in [-0.1, -0.05) is 23.2 Å². The lowest BCUT2D eigenvalue weighted by molar-refractivity contribution is 0.251. The van der Waals surface area contributed by atoms with E-state index < -0.39 is 0 Å². The van der Waals surface area contributed by atoms with Gasteiger partial charge in [-0.3, -0.25) is 0 Å². The molecule has 78 valence electrons. The maximum Gasteiger partial charge on any atom is 0.166 e. The number of aromatic amines is 1. The molecular weight excluding hydrogens is 221 g/mol. The molecule has 1 saturated heterocycles. The van der Waals surface area contributed by atoms with Crippen LogP contribution in [-0.2, 0) is 0 Å². The maximum atomic E-state index is 5.82. The van der Waals surface area contributed by atoms with E-state index in [1.54, 1.807) is 0 Å². The van der Waals surface area contributed by atoms with Crippen LogP contribution in [0.1, 0.15) is 24.6 Å². The van der Waals surface area contributed by atoms with E-state index in [0.717, 1.165) is 31.8 Å². The molecule has 1 fully saturated rings. The van der Waals surface area contributed by atoms with Crippen LogP contribution in [0.15, 0.2) is 0 Å². The zero-order valence-electron chi connectivity index (χ0n) is 8.06. The number of H-pyrrole nitrogens is 1. The van der Waals surface area contributed by atoms with Crippen molar-refractivity contribution < 1.29 is 0 Å². The number of nitrogens with one attached hydrogen (secondary N) is 1. The molecule has 0 unspecified atom stereocenters. The van der Waals surface area contributed by atoms with E-state index in [2.05, 4.69) is 21.9 Å². The smallest absolute Gasteiger partial charge is 0.166 e. The van der Waals surface area contributed by atoms with Crippen molar-refractivity contribution in [1.82, 2.24) is 14.9 Å². The quantitative estimate of drug-likeness (QED) is 0.809. The van der Waals surface area contributed by atoms with Gasteiger partial charge in [0.25, 0.3) is 0 Å². The van der Waals surface area contributed by atoms with Gasteiger partial charge in [0.15, 0.2) is 5.15 Å². The third-order valence-electron chi connectivity index (χ3n) is 2.74. The molecule has 5 heteroatoms. The molecule has 1 aromatic heterocycles. The number of hydrogen-bond acceptors (Lipinski definition) is 2. The fourth-order valence-electron chi connectivity index (χ4n) is 1.82. The van der Waals surface area contributed by atoms with Gasteiger partial charge in [0.05, 0.1) is 0 Å². The zero-order valence-corrected chi connectivity index (χ0v) is 9.57. The van der Waals surface area contributed by atoms with Gasteiger partial charge >= 0.3 is 0 Å². The molecule has 0 aromatic carbocycles. The standard InChI is InChI=1S/C9H13Cl2N3/c1-14-4-2-6(3-5-14)9-12-7(10)8(11)13-9/h6H,2-5H2,1H3,(H,12,13). The van der Waals surface area contributed by atoms with Crippen LogP contribution in [-0.4, -0.2) is 35.0 Å². The lowest BCUT2D eigenvalue weighted by Gasteiger charge is -2.27. The summed E-state index contributed by atoms with van der Waals surface area (Å²) >= 11 is 11.6. The summed E-state index contributed by atoms with van der Waals surface area (Å²) in [6.45, 7) is 2.22. The number of nitrogens with zero attached hydrogens (tertiary/aromatic N) is 2. The Bertz CT molecular complexity index is 296. The Morgan fingerprint density at radius 2 is 2.00 bits per heavy atom. The Hall–Kier alpha value is -0.250. The summed E-state index contributed by atoms with van der Waals surface area (Å²) in [5.41, 5.74) is 0. The first-order valence-electron chi connectivity index (χ1n) is 4.76. The molecule has 14 heavy (non-hydrogen) atoms. The monoisotopic (exact) mass is 233 g/mol. The van der Waals surface area contributed by atoms with E-state index >= 15 is 0 Å². The van der Waals surface area contributed by atoms with E-state index in [4.69, 9.17) is 23.2 Å². The fraction of sp³-hybridized carbons (Fsp3) is 0.667. The van der Waals surface area contributed by atoms with Crippen LogP contribution in [0.5, 0.6) is 0 Å². The Labute approximate surface area is 93.4 Å². The number of imidazole rings is 1. The summed E-state index contributed by atoms with van der Waals surface area (Å²) in [6, 6.07) is 0. The number of aromatic nitrogens is 2. The highest BCUT2D eigenvalue weighted by Crippen LogP contribution is 2.28. The lowest BCUT2D eigenvalue weighted by atomic mass is 9.97. The Balaban J connectivity index is 2.08. The van der Waals surface area contributed by atoms with Crippen LogP contribution in [0.25, 0.3) is 0 Å². The van der Waals surface area contributed by atoms with Crippen molar-refractivity contribution in [3.63, 3.8) is 0 Å². The summed E-state index contributed by atoms with van der Waals surface area (Å²) in [4.78, 5) is 9.57. The molecule has 0 radical (unpaired) electrons. The van der Waals surface area contributed by atoms with Gasteiger partial charge in [-0.15, -0.1) is 0 Å². The molecule has 2 heterocycles. The van der Waals surface area contributed by atoms with Crippen LogP contribution in [0.4, 0.5) is 0 Å². The molecule has 0 amide bonds. The molecule has 2 rings (SSSR count). The molecule has 0 bridgehead atoms. The second-order valence-electron chi connectivity index (χ2n) is 3.80. The summed E-state index contributed by atoms with van der Waals surface area (Å²) in [5, 5.41) is 0.848. The normalized spacial score (nSPS) is 20.2. The van der Waals surface area contributed by atoms with Crippen molar-refractivity contribution in [1.29, 1.82) is 0 Å².